The molecule has 1 heterocycles. The second kappa shape index (κ2) is 13.3. The first kappa shape index (κ1) is 25.1. The van der Waals surface area contributed by atoms with Gasteiger partial charge in [0.15, 0.2) is 5.96 Å². The van der Waals surface area contributed by atoms with E-state index in [0.717, 1.165) is 36.8 Å². The van der Waals surface area contributed by atoms with Gasteiger partial charge in [-0.05, 0) is 61.7 Å². The summed E-state index contributed by atoms with van der Waals surface area (Å²) in [5.41, 5.74) is 4.45. The molecule has 0 spiro atoms. The Morgan fingerprint density at radius 3 is 2.39 bits per heavy atom. The van der Waals surface area contributed by atoms with E-state index in [1.54, 1.807) is 0 Å². The van der Waals surface area contributed by atoms with Crippen molar-refractivity contribution in [2.75, 3.05) is 25.0 Å². The standard InChI is InChI=1S/C24H33N5O.HI/c1-3-25-24(27-17-22-7-6-8-23(15-22)28-19(2)30)26-16-20-9-11-21(12-10-20)18-29-13-4-5-14-29;/h6-12,15H,3-5,13-14,16-18H2,1-2H3,(H,28,30)(H2,25,26,27);1H. The fraction of sp³-hybridized carbons (Fsp3) is 0.417. The molecule has 168 valence electrons. The fourth-order valence-corrected chi connectivity index (χ4v) is 3.61. The highest BCUT2D eigenvalue weighted by atomic mass is 127. The van der Waals surface area contributed by atoms with Gasteiger partial charge in [0.25, 0.3) is 0 Å². The summed E-state index contributed by atoms with van der Waals surface area (Å²) in [6.07, 6.45) is 2.65. The monoisotopic (exact) mass is 535 g/mol. The summed E-state index contributed by atoms with van der Waals surface area (Å²) in [5.74, 6) is 0.709. The van der Waals surface area contributed by atoms with Gasteiger partial charge in [-0.1, -0.05) is 36.4 Å². The van der Waals surface area contributed by atoms with Gasteiger partial charge in [0.05, 0.1) is 6.54 Å². The average Bonchev–Trinajstić information content (AvgIpc) is 3.24. The Hall–Kier alpha value is -2.13. The van der Waals surface area contributed by atoms with Crippen LogP contribution in [-0.2, 0) is 24.4 Å². The number of nitrogens with zero attached hydrogens (tertiary/aromatic N) is 2. The van der Waals surface area contributed by atoms with Crippen LogP contribution in [0, 0.1) is 0 Å². The minimum Gasteiger partial charge on any atom is -0.357 e. The number of carbonyl (C=O) groups is 1. The molecule has 0 atom stereocenters. The maximum Gasteiger partial charge on any atom is 0.221 e. The predicted octanol–water partition coefficient (Wildman–Crippen LogP) is 4.11. The van der Waals surface area contributed by atoms with E-state index in [-0.39, 0.29) is 29.9 Å². The Bertz CT molecular complexity index is 847. The number of amides is 1. The van der Waals surface area contributed by atoms with Crippen LogP contribution in [0.25, 0.3) is 0 Å². The Morgan fingerprint density at radius 1 is 1.00 bits per heavy atom. The molecule has 3 N–H and O–H groups in total. The van der Waals surface area contributed by atoms with E-state index in [0.29, 0.717) is 6.54 Å². The Balaban J connectivity index is 0.00000341. The first-order valence-electron chi connectivity index (χ1n) is 10.8. The third kappa shape index (κ3) is 8.86. The lowest BCUT2D eigenvalue weighted by Gasteiger charge is -2.15. The molecule has 1 fully saturated rings. The summed E-state index contributed by atoms with van der Waals surface area (Å²) in [6, 6.07) is 16.6. The molecule has 0 radical (unpaired) electrons. The Morgan fingerprint density at radius 2 is 1.71 bits per heavy atom. The molecule has 6 nitrogen and oxygen atoms in total. The largest absolute Gasteiger partial charge is 0.357 e. The second-order valence-corrected chi connectivity index (χ2v) is 7.73. The van der Waals surface area contributed by atoms with Gasteiger partial charge in [-0.25, -0.2) is 4.99 Å². The number of hydrogen-bond donors (Lipinski definition) is 3. The minimum absolute atomic E-state index is 0. The molecule has 3 rings (SSSR count). The van der Waals surface area contributed by atoms with Crippen LogP contribution < -0.4 is 16.0 Å². The van der Waals surface area contributed by atoms with Crippen LogP contribution in [0.4, 0.5) is 5.69 Å². The molecule has 0 aliphatic carbocycles. The molecule has 0 bridgehead atoms. The molecule has 7 heteroatoms. The second-order valence-electron chi connectivity index (χ2n) is 7.73. The number of hydrogen-bond acceptors (Lipinski definition) is 3. The Labute approximate surface area is 202 Å². The SMILES string of the molecule is CCNC(=NCc1cccc(NC(C)=O)c1)NCc1ccc(CN2CCCC2)cc1.I. The quantitative estimate of drug-likeness (QED) is 0.271. The van der Waals surface area contributed by atoms with E-state index in [2.05, 4.69) is 57.0 Å². The molecule has 0 aromatic heterocycles. The predicted molar refractivity (Wildman–Crippen MR) is 139 cm³/mol. The van der Waals surface area contributed by atoms with Gasteiger partial charge in [0.2, 0.25) is 5.91 Å². The van der Waals surface area contributed by atoms with Crippen molar-refractivity contribution in [3.63, 3.8) is 0 Å². The van der Waals surface area contributed by atoms with E-state index in [4.69, 9.17) is 0 Å². The van der Waals surface area contributed by atoms with Crippen LogP contribution in [0.15, 0.2) is 53.5 Å². The molecule has 1 saturated heterocycles. The number of nitrogens with one attached hydrogen (secondary N) is 3. The first-order valence-corrected chi connectivity index (χ1v) is 10.8. The van der Waals surface area contributed by atoms with E-state index in [1.807, 2.05) is 24.3 Å². The number of likely N-dealkylation sites (tertiary alicyclic amines) is 1. The summed E-state index contributed by atoms with van der Waals surface area (Å²) in [6.45, 7) is 9.12. The number of benzene rings is 2. The van der Waals surface area contributed by atoms with Gasteiger partial charge in [-0.3, -0.25) is 9.69 Å². The molecule has 1 aliphatic heterocycles. The zero-order valence-corrected chi connectivity index (χ0v) is 20.8. The molecular formula is C24H34IN5O. The highest BCUT2D eigenvalue weighted by Gasteiger charge is 2.11. The maximum atomic E-state index is 11.2. The van der Waals surface area contributed by atoms with Crippen LogP contribution in [0.3, 0.4) is 0 Å². The molecule has 2 aromatic carbocycles. The number of aliphatic imine (C=N–C) groups is 1. The topological polar surface area (TPSA) is 68.8 Å². The van der Waals surface area contributed by atoms with E-state index in [9.17, 15) is 4.79 Å². The third-order valence-corrected chi connectivity index (χ3v) is 5.10. The van der Waals surface area contributed by atoms with Crippen molar-refractivity contribution in [2.45, 2.75) is 46.3 Å². The highest BCUT2D eigenvalue weighted by Crippen LogP contribution is 2.14. The van der Waals surface area contributed by atoms with Crippen molar-refractivity contribution < 1.29 is 4.79 Å². The Kier molecular flexibility index (Phi) is 10.8. The third-order valence-electron chi connectivity index (χ3n) is 5.10. The van der Waals surface area contributed by atoms with Gasteiger partial charge in [0.1, 0.15) is 0 Å². The molecule has 2 aromatic rings. The van der Waals surface area contributed by atoms with Crippen molar-refractivity contribution in [3.8, 4) is 0 Å². The number of halogens is 1. The normalized spacial score (nSPS) is 14.1. The molecule has 1 aliphatic rings. The van der Waals surface area contributed by atoms with Gasteiger partial charge < -0.3 is 16.0 Å². The number of anilines is 1. The lowest BCUT2D eigenvalue weighted by atomic mass is 10.1. The van der Waals surface area contributed by atoms with Crippen molar-refractivity contribution >= 4 is 41.5 Å². The van der Waals surface area contributed by atoms with Crippen molar-refractivity contribution in [2.24, 2.45) is 4.99 Å². The maximum absolute atomic E-state index is 11.2. The zero-order valence-electron chi connectivity index (χ0n) is 18.5. The van der Waals surface area contributed by atoms with Crippen LogP contribution in [0.1, 0.15) is 43.4 Å². The summed E-state index contributed by atoms with van der Waals surface area (Å²) < 4.78 is 0. The molecular weight excluding hydrogens is 501 g/mol. The number of guanidine groups is 1. The zero-order chi connectivity index (χ0) is 21.2. The van der Waals surface area contributed by atoms with Gasteiger partial charge in [-0.15, -0.1) is 24.0 Å². The first-order chi connectivity index (χ1) is 14.6. The van der Waals surface area contributed by atoms with Crippen LogP contribution in [0.5, 0.6) is 0 Å². The summed E-state index contributed by atoms with van der Waals surface area (Å²) in [7, 11) is 0. The van der Waals surface area contributed by atoms with Crippen molar-refractivity contribution in [1.82, 2.24) is 15.5 Å². The fourth-order valence-electron chi connectivity index (χ4n) is 3.61. The number of rotatable bonds is 8. The van der Waals surface area contributed by atoms with E-state index in [1.165, 1.54) is 44.0 Å². The van der Waals surface area contributed by atoms with E-state index >= 15 is 0 Å². The number of carbonyl (C=O) groups excluding carboxylic acids is 1. The lowest BCUT2D eigenvalue weighted by Crippen LogP contribution is -2.36. The van der Waals surface area contributed by atoms with Crippen molar-refractivity contribution in [1.29, 1.82) is 0 Å². The molecule has 31 heavy (non-hydrogen) atoms. The summed E-state index contributed by atoms with van der Waals surface area (Å²) in [5, 5.41) is 9.51. The van der Waals surface area contributed by atoms with Gasteiger partial charge in [0, 0.05) is 32.2 Å². The lowest BCUT2D eigenvalue weighted by molar-refractivity contribution is -0.114. The average molecular weight is 535 g/mol. The van der Waals surface area contributed by atoms with E-state index < -0.39 is 0 Å². The molecule has 0 unspecified atom stereocenters. The van der Waals surface area contributed by atoms with Crippen LogP contribution >= 0.6 is 24.0 Å². The molecule has 0 saturated carbocycles. The summed E-state index contributed by atoms with van der Waals surface area (Å²) >= 11 is 0. The molecule has 1 amide bonds. The minimum atomic E-state index is -0.0721. The summed E-state index contributed by atoms with van der Waals surface area (Å²) in [4.78, 5) is 18.4. The van der Waals surface area contributed by atoms with Crippen molar-refractivity contribution in [3.05, 3.63) is 65.2 Å². The smallest absolute Gasteiger partial charge is 0.221 e. The van der Waals surface area contributed by atoms with Crippen LogP contribution in [0.2, 0.25) is 0 Å². The van der Waals surface area contributed by atoms with Gasteiger partial charge >= 0.3 is 0 Å². The highest BCUT2D eigenvalue weighted by molar-refractivity contribution is 14.0. The van der Waals surface area contributed by atoms with Crippen LogP contribution in [-0.4, -0.2) is 36.4 Å². The van der Waals surface area contributed by atoms with Gasteiger partial charge in [-0.2, -0.15) is 0 Å².